The number of hydrogen-bond donors (Lipinski definition) is 1. The van der Waals surface area contributed by atoms with Crippen LogP contribution < -0.4 is 10.2 Å². The van der Waals surface area contributed by atoms with Gasteiger partial charge < -0.3 is 24.4 Å². The number of ether oxygens (including phenoxy) is 3. The Labute approximate surface area is 174 Å². The van der Waals surface area contributed by atoms with E-state index in [1.54, 1.807) is 13.2 Å². The van der Waals surface area contributed by atoms with Crippen molar-refractivity contribution in [3.8, 4) is 0 Å². The van der Waals surface area contributed by atoms with Gasteiger partial charge in [-0.15, -0.1) is 0 Å². The lowest BCUT2D eigenvalue weighted by molar-refractivity contribution is 0.0545. The first-order chi connectivity index (χ1) is 14.5. The fourth-order valence-electron chi connectivity index (χ4n) is 3.46. The maximum Gasteiger partial charge on any atom is 0.407 e. The van der Waals surface area contributed by atoms with E-state index < -0.39 is 17.9 Å². The second kappa shape index (κ2) is 10.1. The molecule has 1 saturated heterocycles. The van der Waals surface area contributed by atoms with Crippen molar-refractivity contribution < 1.29 is 28.2 Å². The molecule has 0 aliphatic carbocycles. The van der Waals surface area contributed by atoms with Gasteiger partial charge in [0.05, 0.1) is 24.8 Å². The van der Waals surface area contributed by atoms with Crippen LogP contribution in [0.1, 0.15) is 22.3 Å². The van der Waals surface area contributed by atoms with Crippen LogP contribution in [0.15, 0.2) is 48.5 Å². The zero-order chi connectivity index (χ0) is 21.5. The molecular weight excluding hydrogens is 391 g/mol. The third-order valence-corrected chi connectivity index (χ3v) is 5.05. The highest BCUT2D eigenvalue weighted by atomic mass is 19.1. The molecule has 2 atom stereocenters. The van der Waals surface area contributed by atoms with Gasteiger partial charge in [-0.2, -0.15) is 0 Å². The van der Waals surface area contributed by atoms with Crippen LogP contribution in [0.4, 0.5) is 14.9 Å². The number of halogens is 1. The molecule has 0 bridgehead atoms. The Morgan fingerprint density at radius 3 is 2.63 bits per heavy atom. The highest BCUT2D eigenvalue weighted by Gasteiger charge is 2.31. The van der Waals surface area contributed by atoms with Gasteiger partial charge in [0.1, 0.15) is 12.4 Å². The summed E-state index contributed by atoms with van der Waals surface area (Å²) >= 11 is 0. The number of amides is 1. The second-order valence-electron chi connectivity index (χ2n) is 7.01. The van der Waals surface area contributed by atoms with E-state index in [0.717, 1.165) is 11.6 Å². The minimum Gasteiger partial charge on any atom is -0.465 e. The number of alkyl carbamates (subject to hydrolysis) is 1. The van der Waals surface area contributed by atoms with Crippen molar-refractivity contribution in [2.45, 2.75) is 25.2 Å². The monoisotopic (exact) mass is 416 g/mol. The number of nitrogens with zero attached hydrogens (tertiary/aromatic N) is 1. The average molecular weight is 416 g/mol. The quantitative estimate of drug-likeness (QED) is 0.729. The topological polar surface area (TPSA) is 77.1 Å². The summed E-state index contributed by atoms with van der Waals surface area (Å²) in [6, 6.07) is 13.3. The van der Waals surface area contributed by atoms with Crippen LogP contribution >= 0.6 is 0 Å². The fourth-order valence-corrected chi connectivity index (χ4v) is 3.46. The molecule has 2 aromatic rings. The Morgan fingerprint density at radius 1 is 1.17 bits per heavy atom. The number of rotatable bonds is 6. The third kappa shape index (κ3) is 5.48. The first kappa shape index (κ1) is 21.6. The lowest BCUT2D eigenvalue weighted by Gasteiger charge is -2.39. The standard InChI is InChI=1S/C22H25FN2O5/c1-28-20-13-25(18-11-16(21(26)29-2)10-17(23)12-18)9-8-19(20)24-22(27)30-14-15-6-4-3-5-7-15/h3-7,10-12,19-20H,8-9,13-14H2,1-2H3,(H,24,27)/t19-,20+/m0/s1. The minimum absolute atomic E-state index is 0.145. The SMILES string of the molecule is COC(=O)c1cc(F)cc(N2CC[C@H](NC(=O)OCc3ccccc3)[C@H](OC)C2)c1. The van der Waals surface area contributed by atoms with Crippen LogP contribution in [0.25, 0.3) is 0 Å². The number of methoxy groups -OCH3 is 2. The van der Waals surface area contributed by atoms with Crippen LogP contribution in [-0.4, -0.2) is 51.5 Å². The van der Waals surface area contributed by atoms with E-state index in [9.17, 15) is 14.0 Å². The molecule has 30 heavy (non-hydrogen) atoms. The van der Waals surface area contributed by atoms with Crippen LogP contribution in [0.3, 0.4) is 0 Å². The number of carbonyl (C=O) groups excluding carboxylic acids is 2. The average Bonchev–Trinajstić information content (AvgIpc) is 2.77. The molecule has 1 amide bonds. The smallest absolute Gasteiger partial charge is 0.407 e. The van der Waals surface area contributed by atoms with Crippen molar-refractivity contribution in [1.82, 2.24) is 5.32 Å². The summed E-state index contributed by atoms with van der Waals surface area (Å²) in [7, 11) is 2.81. The summed E-state index contributed by atoms with van der Waals surface area (Å²) < 4.78 is 29.5. The number of hydrogen-bond acceptors (Lipinski definition) is 6. The summed E-state index contributed by atoms with van der Waals surface area (Å²) in [6.07, 6.45) is -0.269. The van der Waals surface area contributed by atoms with E-state index in [-0.39, 0.29) is 24.3 Å². The molecule has 7 nitrogen and oxygen atoms in total. The summed E-state index contributed by atoms with van der Waals surface area (Å²) in [6.45, 7) is 1.15. The van der Waals surface area contributed by atoms with Gasteiger partial charge in [0.2, 0.25) is 0 Å². The van der Waals surface area contributed by atoms with Gasteiger partial charge in [-0.3, -0.25) is 0 Å². The van der Waals surface area contributed by atoms with E-state index >= 15 is 0 Å². The Bertz CT molecular complexity index is 877. The number of carbonyl (C=O) groups is 2. The number of esters is 1. The molecule has 2 aromatic carbocycles. The predicted molar refractivity (Wildman–Crippen MR) is 109 cm³/mol. The van der Waals surface area contributed by atoms with Gasteiger partial charge >= 0.3 is 12.1 Å². The molecule has 0 aromatic heterocycles. The zero-order valence-corrected chi connectivity index (χ0v) is 17.0. The van der Waals surface area contributed by atoms with Gasteiger partial charge in [-0.25, -0.2) is 14.0 Å². The molecule has 3 rings (SSSR count). The van der Waals surface area contributed by atoms with Crippen molar-refractivity contribution in [2.75, 3.05) is 32.2 Å². The zero-order valence-electron chi connectivity index (χ0n) is 17.0. The summed E-state index contributed by atoms with van der Waals surface area (Å²) in [5.74, 6) is -1.12. The van der Waals surface area contributed by atoms with E-state index in [0.29, 0.717) is 25.2 Å². The van der Waals surface area contributed by atoms with Gasteiger partial charge in [0.25, 0.3) is 0 Å². The van der Waals surface area contributed by atoms with E-state index in [4.69, 9.17) is 9.47 Å². The Balaban J connectivity index is 1.60. The van der Waals surface area contributed by atoms with E-state index in [1.165, 1.54) is 13.2 Å². The molecule has 0 spiro atoms. The van der Waals surface area contributed by atoms with Crippen LogP contribution in [0, 0.1) is 5.82 Å². The predicted octanol–water partition coefficient (Wildman–Crippen LogP) is 3.13. The largest absolute Gasteiger partial charge is 0.465 e. The van der Waals surface area contributed by atoms with E-state index in [1.807, 2.05) is 35.2 Å². The highest BCUT2D eigenvalue weighted by Crippen LogP contribution is 2.24. The summed E-state index contributed by atoms with van der Waals surface area (Å²) in [4.78, 5) is 25.9. The molecular formula is C22H25FN2O5. The molecule has 1 aliphatic heterocycles. The Hall–Kier alpha value is -3.13. The molecule has 160 valence electrons. The number of anilines is 1. The lowest BCUT2D eigenvalue weighted by Crippen LogP contribution is -2.55. The molecule has 0 radical (unpaired) electrons. The molecule has 1 aliphatic rings. The molecule has 1 fully saturated rings. The van der Waals surface area contributed by atoms with E-state index in [2.05, 4.69) is 10.1 Å². The summed E-state index contributed by atoms with van der Waals surface area (Å²) in [5, 5.41) is 2.85. The number of benzene rings is 2. The first-order valence-corrected chi connectivity index (χ1v) is 9.64. The molecule has 0 unspecified atom stereocenters. The van der Waals surface area contributed by atoms with Crippen molar-refractivity contribution in [2.24, 2.45) is 0 Å². The maximum absolute atomic E-state index is 14.0. The van der Waals surface area contributed by atoms with Gasteiger partial charge in [-0.05, 0) is 30.2 Å². The Morgan fingerprint density at radius 2 is 1.93 bits per heavy atom. The number of nitrogens with one attached hydrogen (secondary N) is 1. The fraction of sp³-hybridized carbons (Fsp3) is 0.364. The molecule has 0 saturated carbocycles. The van der Waals surface area contributed by atoms with Gasteiger partial charge in [-0.1, -0.05) is 30.3 Å². The summed E-state index contributed by atoms with van der Waals surface area (Å²) in [5.41, 5.74) is 1.60. The van der Waals surface area contributed by atoms with Crippen molar-refractivity contribution in [3.63, 3.8) is 0 Å². The van der Waals surface area contributed by atoms with Crippen LogP contribution in [0.2, 0.25) is 0 Å². The minimum atomic E-state index is -0.600. The maximum atomic E-state index is 14.0. The molecule has 1 heterocycles. The third-order valence-electron chi connectivity index (χ3n) is 5.05. The van der Waals surface area contributed by atoms with Crippen molar-refractivity contribution in [1.29, 1.82) is 0 Å². The van der Waals surface area contributed by atoms with Crippen molar-refractivity contribution >= 4 is 17.7 Å². The molecule has 8 heteroatoms. The number of piperidine rings is 1. The van der Waals surface area contributed by atoms with Gasteiger partial charge in [0.15, 0.2) is 0 Å². The second-order valence-corrected chi connectivity index (χ2v) is 7.01. The van der Waals surface area contributed by atoms with Gasteiger partial charge in [0, 0.05) is 25.9 Å². The van der Waals surface area contributed by atoms with Crippen LogP contribution in [-0.2, 0) is 20.8 Å². The first-order valence-electron chi connectivity index (χ1n) is 9.64. The Kier molecular flexibility index (Phi) is 7.24. The normalized spacial score (nSPS) is 18.6. The molecule has 1 N–H and O–H groups in total. The highest BCUT2D eigenvalue weighted by molar-refractivity contribution is 5.90. The van der Waals surface area contributed by atoms with Crippen LogP contribution in [0.5, 0.6) is 0 Å². The van der Waals surface area contributed by atoms with Crippen molar-refractivity contribution in [3.05, 3.63) is 65.5 Å². The lowest BCUT2D eigenvalue weighted by atomic mass is 10.0.